The minimum Gasteiger partial charge on any atom is -0.377 e. The number of carbonyl (C=O) groups excluding carboxylic acids is 2. The van der Waals surface area contributed by atoms with Crippen molar-refractivity contribution in [2.45, 2.75) is 40.3 Å². The zero-order valence-corrected chi connectivity index (χ0v) is 19.2. The molecule has 2 aromatic carbocycles. The van der Waals surface area contributed by atoms with E-state index in [0.717, 1.165) is 11.3 Å². The van der Waals surface area contributed by atoms with E-state index in [2.05, 4.69) is 24.5 Å². The van der Waals surface area contributed by atoms with Gasteiger partial charge in [-0.1, -0.05) is 19.9 Å². The Morgan fingerprint density at radius 3 is 2.35 bits per heavy atom. The molecule has 0 aliphatic carbocycles. The van der Waals surface area contributed by atoms with Gasteiger partial charge in [0.15, 0.2) is 0 Å². The topological polar surface area (TPSA) is 64.7 Å². The largest absolute Gasteiger partial charge is 0.377 e. The molecule has 7 heteroatoms. The molecular weight excluding hydrogens is 395 g/mol. The highest BCUT2D eigenvalue weighted by molar-refractivity contribution is 5.94. The first-order valence-electron chi connectivity index (χ1n) is 10.6. The Labute approximate surface area is 184 Å². The third-order valence-corrected chi connectivity index (χ3v) is 5.29. The van der Waals surface area contributed by atoms with E-state index in [4.69, 9.17) is 0 Å². The van der Waals surface area contributed by atoms with Crippen molar-refractivity contribution >= 4 is 23.3 Å². The highest BCUT2D eigenvalue weighted by Gasteiger charge is 2.25. The Kier molecular flexibility index (Phi) is 8.42. The van der Waals surface area contributed by atoms with Gasteiger partial charge in [-0.25, -0.2) is 9.18 Å². The monoisotopic (exact) mass is 428 g/mol. The summed E-state index contributed by atoms with van der Waals surface area (Å²) in [6.45, 7) is 8.80. The molecule has 0 saturated heterocycles. The van der Waals surface area contributed by atoms with E-state index in [1.165, 1.54) is 12.1 Å². The number of carbonyl (C=O) groups is 2. The van der Waals surface area contributed by atoms with Crippen molar-refractivity contribution < 1.29 is 14.0 Å². The van der Waals surface area contributed by atoms with Gasteiger partial charge in [0.25, 0.3) is 5.91 Å². The predicted octanol–water partition coefficient (Wildman–Crippen LogP) is 4.72. The van der Waals surface area contributed by atoms with Gasteiger partial charge in [0.1, 0.15) is 5.82 Å². The first kappa shape index (κ1) is 24.2. The van der Waals surface area contributed by atoms with E-state index in [0.29, 0.717) is 24.3 Å². The molecule has 31 heavy (non-hydrogen) atoms. The predicted molar refractivity (Wildman–Crippen MR) is 124 cm³/mol. The van der Waals surface area contributed by atoms with E-state index in [-0.39, 0.29) is 23.9 Å². The van der Waals surface area contributed by atoms with Gasteiger partial charge in [-0.3, -0.25) is 4.79 Å². The normalized spacial score (nSPS) is 11.7. The number of anilines is 2. The van der Waals surface area contributed by atoms with Gasteiger partial charge in [-0.05, 0) is 61.7 Å². The summed E-state index contributed by atoms with van der Waals surface area (Å²) in [5.74, 6) is -0.463. The molecule has 6 nitrogen and oxygen atoms in total. The third-order valence-electron chi connectivity index (χ3n) is 5.29. The number of rotatable bonds is 8. The average Bonchev–Trinajstić information content (AvgIpc) is 2.71. The minimum absolute atomic E-state index is 0.0780. The molecule has 2 N–H and O–H groups in total. The van der Waals surface area contributed by atoms with Crippen LogP contribution in [0.15, 0.2) is 42.5 Å². The summed E-state index contributed by atoms with van der Waals surface area (Å²) in [6, 6.07) is 11.0. The van der Waals surface area contributed by atoms with Gasteiger partial charge in [0.2, 0.25) is 0 Å². The highest BCUT2D eigenvalue weighted by Crippen LogP contribution is 2.27. The van der Waals surface area contributed by atoms with Crippen LogP contribution >= 0.6 is 0 Å². The van der Waals surface area contributed by atoms with Crippen LogP contribution in [0.3, 0.4) is 0 Å². The maximum Gasteiger partial charge on any atom is 0.319 e. The zero-order chi connectivity index (χ0) is 23.1. The maximum atomic E-state index is 13.8. The summed E-state index contributed by atoms with van der Waals surface area (Å²) in [6.07, 6.45) is 0. The molecule has 3 amide bonds. The summed E-state index contributed by atoms with van der Waals surface area (Å²) in [4.78, 5) is 29.0. The van der Waals surface area contributed by atoms with Gasteiger partial charge in [-0.2, -0.15) is 0 Å². The molecule has 0 aliphatic heterocycles. The van der Waals surface area contributed by atoms with Crippen LogP contribution in [0.2, 0.25) is 0 Å². The van der Waals surface area contributed by atoms with Crippen LogP contribution in [0.1, 0.15) is 43.6 Å². The van der Waals surface area contributed by atoms with Crippen LogP contribution in [0.4, 0.5) is 20.6 Å². The molecule has 0 fully saturated rings. The van der Waals surface area contributed by atoms with Crippen LogP contribution in [0.5, 0.6) is 0 Å². The van der Waals surface area contributed by atoms with Crippen LogP contribution in [-0.4, -0.2) is 43.5 Å². The standard InChI is InChI=1S/C24H33FN4O2/c1-7-26-24(31)27-21-11-12-22(28(5)6)19(14-21)15-29(17(4)16(2)3)23(30)18-9-8-10-20(25)13-18/h8-14,16-17H,7,15H2,1-6H3,(H2,26,27,31)/t17-/m1/s1. The molecule has 0 unspecified atom stereocenters. The Morgan fingerprint density at radius 1 is 1.06 bits per heavy atom. The molecular formula is C24H33FN4O2. The number of urea groups is 1. The smallest absolute Gasteiger partial charge is 0.319 e. The third kappa shape index (κ3) is 6.44. The number of hydrogen-bond donors (Lipinski definition) is 2. The second-order valence-electron chi connectivity index (χ2n) is 8.15. The molecule has 0 saturated carbocycles. The SMILES string of the molecule is CCNC(=O)Nc1ccc(N(C)C)c(CN(C(=O)c2cccc(F)c2)[C@H](C)C(C)C)c1. The molecule has 0 aliphatic rings. The molecule has 0 heterocycles. The Balaban J connectivity index is 2.44. The van der Waals surface area contributed by atoms with Crippen LogP contribution in [0.25, 0.3) is 0 Å². The molecule has 0 spiro atoms. The quantitative estimate of drug-likeness (QED) is 0.639. The Hall–Kier alpha value is -3.09. The van der Waals surface area contributed by atoms with Crippen molar-refractivity contribution in [3.63, 3.8) is 0 Å². The fourth-order valence-electron chi connectivity index (χ4n) is 3.29. The summed E-state index contributed by atoms with van der Waals surface area (Å²) in [7, 11) is 3.86. The van der Waals surface area contributed by atoms with E-state index >= 15 is 0 Å². The van der Waals surface area contributed by atoms with E-state index in [1.54, 1.807) is 17.0 Å². The average molecular weight is 429 g/mol. The number of amides is 3. The lowest BCUT2D eigenvalue weighted by molar-refractivity contribution is 0.0628. The summed E-state index contributed by atoms with van der Waals surface area (Å²) < 4.78 is 13.8. The molecule has 0 radical (unpaired) electrons. The Bertz CT molecular complexity index is 914. The van der Waals surface area contributed by atoms with E-state index in [9.17, 15) is 14.0 Å². The molecule has 2 rings (SSSR count). The fraction of sp³-hybridized carbons (Fsp3) is 0.417. The first-order valence-corrected chi connectivity index (χ1v) is 10.6. The summed E-state index contributed by atoms with van der Waals surface area (Å²) >= 11 is 0. The zero-order valence-electron chi connectivity index (χ0n) is 19.2. The van der Waals surface area contributed by atoms with Crippen molar-refractivity contribution in [2.24, 2.45) is 5.92 Å². The maximum absolute atomic E-state index is 13.8. The lowest BCUT2D eigenvalue weighted by atomic mass is 10.0. The number of hydrogen-bond acceptors (Lipinski definition) is 3. The van der Waals surface area contributed by atoms with E-state index < -0.39 is 5.82 Å². The molecule has 0 bridgehead atoms. The van der Waals surface area contributed by atoms with Crippen molar-refractivity contribution in [1.29, 1.82) is 0 Å². The van der Waals surface area contributed by atoms with Gasteiger partial charge in [0.05, 0.1) is 0 Å². The number of nitrogens with one attached hydrogen (secondary N) is 2. The second kappa shape index (κ2) is 10.8. The molecule has 0 aromatic heterocycles. The van der Waals surface area contributed by atoms with Crippen molar-refractivity contribution in [2.75, 3.05) is 30.9 Å². The lowest BCUT2D eigenvalue weighted by Gasteiger charge is -2.33. The molecule has 2 aromatic rings. The molecule has 168 valence electrons. The summed E-state index contributed by atoms with van der Waals surface area (Å²) in [5, 5.41) is 5.53. The van der Waals surface area contributed by atoms with Crippen molar-refractivity contribution in [3.8, 4) is 0 Å². The first-order chi connectivity index (χ1) is 14.6. The fourth-order valence-corrected chi connectivity index (χ4v) is 3.29. The van der Waals surface area contributed by atoms with Crippen LogP contribution < -0.4 is 15.5 Å². The van der Waals surface area contributed by atoms with Crippen LogP contribution in [0, 0.1) is 11.7 Å². The minimum atomic E-state index is -0.440. The van der Waals surface area contributed by atoms with E-state index in [1.807, 2.05) is 51.0 Å². The number of benzene rings is 2. The van der Waals surface area contributed by atoms with Gasteiger partial charge >= 0.3 is 6.03 Å². The van der Waals surface area contributed by atoms with Gasteiger partial charge < -0.3 is 20.4 Å². The van der Waals surface area contributed by atoms with Gasteiger partial charge in [-0.15, -0.1) is 0 Å². The van der Waals surface area contributed by atoms with Crippen molar-refractivity contribution in [3.05, 3.63) is 59.4 Å². The van der Waals surface area contributed by atoms with Gasteiger partial charge in [0, 0.05) is 50.2 Å². The van der Waals surface area contributed by atoms with Crippen molar-refractivity contribution in [1.82, 2.24) is 10.2 Å². The molecule has 1 atom stereocenters. The number of halogens is 1. The lowest BCUT2D eigenvalue weighted by Crippen LogP contribution is -2.41. The second-order valence-corrected chi connectivity index (χ2v) is 8.15. The summed E-state index contributed by atoms with van der Waals surface area (Å²) in [5.41, 5.74) is 2.78. The highest BCUT2D eigenvalue weighted by atomic mass is 19.1. The number of nitrogens with zero attached hydrogens (tertiary/aromatic N) is 2. The Morgan fingerprint density at radius 2 is 1.77 bits per heavy atom. The van der Waals surface area contributed by atoms with Crippen LogP contribution in [-0.2, 0) is 6.54 Å².